The molecule has 1 aliphatic heterocycles. The number of rotatable bonds is 11. The third-order valence-corrected chi connectivity index (χ3v) is 9.22. The van der Waals surface area contributed by atoms with Crippen molar-refractivity contribution in [3.8, 4) is 17.1 Å². The van der Waals surface area contributed by atoms with Crippen LogP contribution in [0.15, 0.2) is 53.1 Å². The number of hydrogen-bond acceptors (Lipinski definition) is 7. The summed E-state index contributed by atoms with van der Waals surface area (Å²) in [6, 6.07) is 12.5. The molecular weight excluding hydrogens is 554 g/mol. The normalized spacial score (nSPS) is 22.2. The average molecular weight is 595 g/mol. The van der Waals surface area contributed by atoms with Crippen LogP contribution in [0.1, 0.15) is 81.8 Å². The molecule has 0 amide bonds. The number of ketones is 2. The Morgan fingerprint density at radius 2 is 1.81 bits per heavy atom. The van der Waals surface area contributed by atoms with Crippen LogP contribution in [0, 0.1) is 17.0 Å². The van der Waals surface area contributed by atoms with Crippen molar-refractivity contribution in [2.24, 2.45) is 5.41 Å². The van der Waals surface area contributed by atoms with Crippen LogP contribution in [-0.4, -0.2) is 58.6 Å². The number of aromatic nitrogens is 1. The Labute approximate surface area is 251 Å². The molecule has 0 atom stereocenters. The lowest BCUT2D eigenvalue weighted by Gasteiger charge is -2.55. The minimum absolute atomic E-state index is 0.0145. The lowest BCUT2D eigenvalue weighted by molar-refractivity contribution is -0.128. The van der Waals surface area contributed by atoms with Crippen LogP contribution >= 0.6 is 0 Å². The van der Waals surface area contributed by atoms with E-state index in [4.69, 9.17) is 9.26 Å². The summed E-state index contributed by atoms with van der Waals surface area (Å²) in [6.07, 6.45) is 3.81. The molecule has 230 valence electrons. The van der Waals surface area contributed by atoms with Crippen LogP contribution in [0.4, 0.5) is 8.78 Å². The maximum absolute atomic E-state index is 14.3. The van der Waals surface area contributed by atoms with Crippen LogP contribution in [0.25, 0.3) is 11.3 Å². The van der Waals surface area contributed by atoms with Gasteiger partial charge in [-0.05, 0) is 67.9 Å². The van der Waals surface area contributed by atoms with E-state index >= 15 is 0 Å². The molecule has 0 radical (unpaired) electrons. The third-order valence-electron chi connectivity index (χ3n) is 9.22. The molecule has 1 N–H and O–H groups in total. The van der Waals surface area contributed by atoms with Gasteiger partial charge in [-0.1, -0.05) is 31.1 Å². The molecule has 0 spiro atoms. The molecule has 1 aliphatic carbocycles. The van der Waals surface area contributed by atoms with Gasteiger partial charge in [-0.15, -0.1) is 0 Å². The number of halogens is 2. The van der Waals surface area contributed by atoms with Crippen molar-refractivity contribution in [3.63, 3.8) is 0 Å². The zero-order valence-electron chi connectivity index (χ0n) is 25.3. The highest BCUT2D eigenvalue weighted by molar-refractivity contribution is 5.96. The van der Waals surface area contributed by atoms with Gasteiger partial charge in [-0.3, -0.25) is 14.5 Å². The summed E-state index contributed by atoms with van der Waals surface area (Å²) < 4.78 is 38.3. The fourth-order valence-electron chi connectivity index (χ4n) is 6.72. The van der Waals surface area contributed by atoms with E-state index in [0.29, 0.717) is 25.6 Å². The van der Waals surface area contributed by atoms with Crippen LogP contribution in [0.5, 0.6) is 5.75 Å². The Morgan fingerprint density at radius 3 is 2.49 bits per heavy atom. The van der Waals surface area contributed by atoms with Gasteiger partial charge in [0.15, 0.2) is 11.5 Å². The Morgan fingerprint density at radius 1 is 1.09 bits per heavy atom. The lowest BCUT2D eigenvalue weighted by atomic mass is 9.68. The molecule has 7 nitrogen and oxygen atoms in total. The summed E-state index contributed by atoms with van der Waals surface area (Å²) in [5, 5.41) is 14.3. The summed E-state index contributed by atoms with van der Waals surface area (Å²) in [7, 11) is 1.61. The van der Waals surface area contributed by atoms with Gasteiger partial charge in [0.2, 0.25) is 0 Å². The van der Waals surface area contributed by atoms with Crippen molar-refractivity contribution in [2.45, 2.75) is 82.8 Å². The zero-order chi connectivity index (χ0) is 31.0. The molecular formula is C34H40F2N2O5. The second-order valence-electron chi connectivity index (χ2n) is 13.4. The van der Waals surface area contributed by atoms with Gasteiger partial charge in [0, 0.05) is 55.9 Å². The molecule has 2 aliphatic rings. The van der Waals surface area contributed by atoms with Crippen molar-refractivity contribution >= 4 is 11.6 Å². The maximum Gasteiger partial charge on any atom is 0.185 e. The molecule has 1 saturated heterocycles. The van der Waals surface area contributed by atoms with Crippen LogP contribution in [-0.2, 0) is 10.2 Å². The first kappa shape index (κ1) is 31.0. The van der Waals surface area contributed by atoms with Crippen LogP contribution < -0.4 is 4.74 Å². The van der Waals surface area contributed by atoms with Gasteiger partial charge in [-0.2, -0.15) is 0 Å². The highest BCUT2D eigenvalue weighted by Gasteiger charge is 2.49. The van der Waals surface area contributed by atoms with E-state index in [1.54, 1.807) is 7.11 Å². The molecule has 3 aromatic rings. The topological polar surface area (TPSA) is 92.9 Å². The first-order chi connectivity index (χ1) is 20.3. The summed E-state index contributed by atoms with van der Waals surface area (Å²) in [5.74, 6) is -0.972. The number of hydrogen-bond donors (Lipinski definition) is 1. The van der Waals surface area contributed by atoms with Crippen molar-refractivity contribution in [1.82, 2.24) is 10.1 Å². The molecule has 0 bridgehead atoms. The fraction of sp³-hybridized carbons (Fsp3) is 0.500. The summed E-state index contributed by atoms with van der Waals surface area (Å²) in [4.78, 5) is 29.5. The molecule has 1 aromatic heterocycles. The number of carbonyl (C=O) groups excluding carboxylic acids is 2. The number of Topliss-reactive ketones (excluding diaryl/α,β-unsaturated/α-hetero) is 2. The van der Waals surface area contributed by atoms with E-state index in [2.05, 4.69) is 10.1 Å². The first-order valence-corrected chi connectivity index (χ1v) is 14.9. The highest BCUT2D eigenvalue weighted by atomic mass is 19.1. The average Bonchev–Trinajstić information content (AvgIpc) is 3.41. The smallest absolute Gasteiger partial charge is 0.185 e. The van der Waals surface area contributed by atoms with Crippen LogP contribution in [0.2, 0.25) is 0 Å². The van der Waals surface area contributed by atoms with Crippen molar-refractivity contribution < 1.29 is 32.7 Å². The predicted octanol–water partition coefficient (Wildman–Crippen LogP) is 6.52. The zero-order valence-corrected chi connectivity index (χ0v) is 25.3. The second kappa shape index (κ2) is 11.9. The van der Waals surface area contributed by atoms with E-state index in [9.17, 15) is 23.5 Å². The minimum atomic E-state index is -0.808. The third kappa shape index (κ3) is 7.04. The largest absolute Gasteiger partial charge is 0.497 e. The maximum atomic E-state index is 14.3. The van der Waals surface area contributed by atoms with Gasteiger partial charge < -0.3 is 14.4 Å². The van der Waals surface area contributed by atoms with E-state index in [0.717, 1.165) is 49.1 Å². The Bertz CT molecular complexity index is 1480. The Kier molecular flexibility index (Phi) is 8.60. The van der Waals surface area contributed by atoms with Gasteiger partial charge >= 0.3 is 0 Å². The van der Waals surface area contributed by atoms with E-state index in [-0.39, 0.29) is 41.4 Å². The van der Waals surface area contributed by atoms with Crippen molar-refractivity contribution in [1.29, 1.82) is 0 Å². The molecule has 2 heterocycles. The molecule has 1 saturated carbocycles. The molecule has 0 unspecified atom stereocenters. The molecule has 9 heteroatoms. The quantitative estimate of drug-likeness (QED) is 0.253. The predicted molar refractivity (Wildman–Crippen MR) is 158 cm³/mol. The van der Waals surface area contributed by atoms with E-state index < -0.39 is 28.1 Å². The molecule has 2 aromatic carbocycles. The monoisotopic (exact) mass is 594 g/mol. The summed E-state index contributed by atoms with van der Waals surface area (Å²) >= 11 is 0. The minimum Gasteiger partial charge on any atom is -0.497 e. The van der Waals surface area contributed by atoms with E-state index in [1.165, 1.54) is 12.1 Å². The number of methoxy groups -OCH3 is 1. The van der Waals surface area contributed by atoms with Crippen molar-refractivity contribution in [2.75, 3.05) is 20.2 Å². The second-order valence-corrected chi connectivity index (χ2v) is 13.4. The van der Waals surface area contributed by atoms with Gasteiger partial charge in [0.25, 0.3) is 0 Å². The number of benzene rings is 2. The van der Waals surface area contributed by atoms with Crippen molar-refractivity contribution in [3.05, 3.63) is 71.4 Å². The summed E-state index contributed by atoms with van der Waals surface area (Å²) in [6.45, 7) is 7.12. The van der Waals surface area contributed by atoms with Gasteiger partial charge in [0.05, 0.1) is 18.3 Å². The Balaban J connectivity index is 1.31. The molecule has 5 rings (SSSR count). The molecule has 2 fully saturated rings. The highest BCUT2D eigenvalue weighted by Crippen LogP contribution is 2.44. The van der Waals surface area contributed by atoms with Crippen LogP contribution in [0.3, 0.4) is 0 Å². The standard InChI is InChI=1S/C34H40F2N2O5/c1-32(2,22-6-5-7-26(14-22)42-4)17-25(39)18-34(20-38(21-34)24-10-12-33(3,41)13-11-24)19-30(40)29-16-31(43-37-29)27-9-8-23(35)15-28(27)36/h5-9,14-16,24,41H,10-13,17-21H2,1-4H3. The van der Waals surface area contributed by atoms with Gasteiger partial charge in [-0.25, -0.2) is 8.78 Å². The fourth-order valence-corrected chi connectivity index (χ4v) is 6.72. The summed E-state index contributed by atoms with van der Waals surface area (Å²) in [5.41, 5.74) is -0.591. The number of likely N-dealkylation sites (tertiary alicyclic amines) is 1. The Hall–Kier alpha value is -3.43. The number of nitrogens with zero attached hydrogens (tertiary/aromatic N) is 2. The SMILES string of the molecule is COc1cccc(C(C)(C)CC(=O)CC2(CC(=O)c3cc(-c4ccc(F)cc4F)on3)CN(C3CCC(C)(O)CC3)C2)c1. The number of aliphatic hydroxyl groups is 1. The number of carbonyl (C=O) groups is 2. The van der Waals surface area contributed by atoms with E-state index in [1.807, 2.05) is 45.0 Å². The first-order valence-electron chi connectivity index (χ1n) is 14.9. The number of ether oxygens (including phenoxy) is 1. The van der Waals surface area contributed by atoms with Gasteiger partial charge in [0.1, 0.15) is 28.9 Å². The molecule has 43 heavy (non-hydrogen) atoms. The lowest BCUT2D eigenvalue weighted by Crippen LogP contribution is -2.62.